The van der Waals surface area contributed by atoms with Gasteiger partial charge in [-0.05, 0) is 30.9 Å². The summed E-state index contributed by atoms with van der Waals surface area (Å²) in [7, 11) is 1.76. The van der Waals surface area contributed by atoms with E-state index >= 15 is 0 Å². The van der Waals surface area contributed by atoms with E-state index in [1.54, 1.807) is 7.11 Å². The number of methoxy groups -OCH3 is 1. The first-order valence-corrected chi connectivity index (χ1v) is 7.17. The molecule has 1 unspecified atom stereocenters. The molecular weight excluding hydrogens is 292 g/mol. The van der Waals surface area contributed by atoms with E-state index in [4.69, 9.17) is 10.6 Å². The molecule has 0 aliphatic heterocycles. The second-order valence-corrected chi connectivity index (χ2v) is 5.35. The molecule has 3 nitrogen and oxygen atoms in total. The van der Waals surface area contributed by atoms with E-state index in [1.807, 2.05) is 12.1 Å². The van der Waals surface area contributed by atoms with E-state index in [0.29, 0.717) is 0 Å². The fourth-order valence-corrected chi connectivity index (χ4v) is 2.90. The zero-order valence-corrected chi connectivity index (χ0v) is 13.0. The van der Waals surface area contributed by atoms with Crippen LogP contribution in [0.15, 0.2) is 28.7 Å². The normalized spacial score (nSPS) is 13.6. The largest absolute Gasteiger partial charge is 0.377 e. The second kappa shape index (κ2) is 7.24. The molecule has 0 saturated carbocycles. The van der Waals surface area contributed by atoms with Crippen molar-refractivity contribution in [3.8, 4) is 0 Å². The minimum absolute atomic E-state index is 0.0937. The highest BCUT2D eigenvalue weighted by Gasteiger charge is 2.35. The van der Waals surface area contributed by atoms with Gasteiger partial charge in [-0.15, -0.1) is 0 Å². The summed E-state index contributed by atoms with van der Waals surface area (Å²) in [6.07, 6.45) is 2.70. The smallest absolute Gasteiger partial charge is 0.0842 e. The number of rotatable bonds is 7. The molecule has 1 aromatic rings. The molecule has 0 aliphatic carbocycles. The average Bonchev–Trinajstić information content (AvgIpc) is 2.42. The molecule has 3 N–H and O–H groups in total. The van der Waals surface area contributed by atoms with E-state index in [-0.39, 0.29) is 11.6 Å². The maximum Gasteiger partial charge on any atom is 0.0842 e. The molecule has 0 fully saturated rings. The number of halogens is 1. The molecule has 0 aliphatic rings. The Bertz CT molecular complexity index is 358. The number of nitrogens with two attached hydrogens (primary N) is 1. The maximum atomic E-state index is 5.74. The highest BCUT2D eigenvalue weighted by atomic mass is 79.9. The van der Waals surface area contributed by atoms with Gasteiger partial charge in [-0.1, -0.05) is 48.0 Å². The molecule has 0 saturated heterocycles. The van der Waals surface area contributed by atoms with E-state index in [2.05, 4.69) is 47.3 Å². The first kappa shape index (κ1) is 15.6. The highest BCUT2D eigenvalue weighted by Crippen LogP contribution is 2.28. The Kier molecular flexibility index (Phi) is 6.29. The molecule has 102 valence electrons. The number of hydrogen-bond acceptors (Lipinski definition) is 3. The SMILES string of the molecule is CCC(CC)(OC)C(Cc1ccccc1Br)NN. The van der Waals surface area contributed by atoms with Crippen LogP contribution in [-0.4, -0.2) is 18.8 Å². The zero-order valence-electron chi connectivity index (χ0n) is 11.4. The van der Waals surface area contributed by atoms with E-state index in [1.165, 1.54) is 5.56 Å². The van der Waals surface area contributed by atoms with E-state index < -0.39 is 0 Å². The van der Waals surface area contributed by atoms with Crippen LogP contribution in [0.4, 0.5) is 0 Å². The average molecular weight is 315 g/mol. The second-order valence-electron chi connectivity index (χ2n) is 4.49. The van der Waals surface area contributed by atoms with E-state index in [0.717, 1.165) is 23.7 Å². The fourth-order valence-electron chi connectivity index (χ4n) is 2.45. The van der Waals surface area contributed by atoms with Crippen molar-refractivity contribution in [2.24, 2.45) is 5.84 Å². The van der Waals surface area contributed by atoms with Crippen molar-refractivity contribution in [1.29, 1.82) is 0 Å². The number of hydrogen-bond donors (Lipinski definition) is 2. The van der Waals surface area contributed by atoms with Crippen molar-refractivity contribution in [2.75, 3.05) is 7.11 Å². The lowest BCUT2D eigenvalue weighted by molar-refractivity contribution is -0.0473. The molecule has 18 heavy (non-hydrogen) atoms. The summed E-state index contributed by atoms with van der Waals surface area (Å²) in [5, 5.41) is 0. The first-order chi connectivity index (χ1) is 8.63. The highest BCUT2D eigenvalue weighted by molar-refractivity contribution is 9.10. The van der Waals surface area contributed by atoms with Crippen molar-refractivity contribution in [3.05, 3.63) is 34.3 Å². The number of nitrogens with one attached hydrogen (secondary N) is 1. The zero-order chi connectivity index (χ0) is 13.6. The third-order valence-electron chi connectivity index (χ3n) is 3.82. The van der Waals surface area contributed by atoms with Crippen LogP contribution in [0.3, 0.4) is 0 Å². The van der Waals surface area contributed by atoms with Gasteiger partial charge in [0, 0.05) is 11.6 Å². The minimum atomic E-state index is -0.218. The predicted molar refractivity (Wildman–Crippen MR) is 79.3 cm³/mol. The molecule has 0 heterocycles. The van der Waals surface area contributed by atoms with Crippen molar-refractivity contribution < 1.29 is 4.74 Å². The van der Waals surface area contributed by atoms with Gasteiger partial charge in [0.2, 0.25) is 0 Å². The van der Waals surface area contributed by atoms with Crippen molar-refractivity contribution in [2.45, 2.75) is 44.8 Å². The van der Waals surface area contributed by atoms with Crippen LogP contribution in [0.5, 0.6) is 0 Å². The third kappa shape index (κ3) is 3.32. The lowest BCUT2D eigenvalue weighted by Crippen LogP contribution is -2.55. The van der Waals surface area contributed by atoms with Crippen LogP contribution < -0.4 is 11.3 Å². The summed E-state index contributed by atoms with van der Waals surface area (Å²) in [6, 6.07) is 8.31. The standard InChI is InChI=1S/C14H23BrN2O/c1-4-14(5-2,18-3)13(17-16)10-11-8-6-7-9-12(11)15/h6-9,13,17H,4-5,10,16H2,1-3H3. The van der Waals surface area contributed by atoms with Crippen LogP contribution >= 0.6 is 15.9 Å². The third-order valence-corrected chi connectivity index (χ3v) is 4.60. The lowest BCUT2D eigenvalue weighted by atomic mass is 9.85. The van der Waals surface area contributed by atoms with Crippen molar-refractivity contribution in [1.82, 2.24) is 5.43 Å². The van der Waals surface area contributed by atoms with Gasteiger partial charge in [-0.3, -0.25) is 11.3 Å². The van der Waals surface area contributed by atoms with Gasteiger partial charge in [0.15, 0.2) is 0 Å². The minimum Gasteiger partial charge on any atom is -0.377 e. The van der Waals surface area contributed by atoms with Gasteiger partial charge in [-0.2, -0.15) is 0 Å². The van der Waals surface area contributed by atoms with Crippen molar-refractivity contribution in [3.63, 3.8) is 0 Å². The van der Waals surface area contributed by atoms with E-state index in [9.17, 15) is 0 Å². The summed E-state index contributed by atoms with van der Waals surface area (Å²) < 4.78 is 6.86. The molecule has 1 rings (SSSR count). The number of ether oxygens (including phenoxy) is 1. The molecule has 4 heteroatoms. The van der Waals surface area contributed by atoms with Gasteiger partial charge in [0.25, 0.3) is 0 Å². The van der Waals surface area contributed by atoms with Crippen LogP contribution in [0.25, 0.3) is 0 Å². The van der Waals surface area contributed by atoms with Crippen molar-refractivity contribution >= 4 is 15.9 Å². The first-order valence-electron chi connectivity index (χ1n) is 6.38. The summed E-state index contributed by atoms with van der Waals surface area (Å²) in [6.45, 7) is 4.27. The fraction of sp³-hybridized carbons (Fsp3) is 0.571. The van der Waals surface area contributed by atoms with Gasteiger partial charge in [0.1, 0.15) is 0 Å². The van der Waals surface area contributed by atoms with Crippen LogP contribution in [-0.2, 0) is 11.2 Å². The van der Waals surface area contributed by atoms with Gasteiger partial charge >= 0.3 is 0 Å². The monoisotopic (exact) mass is 314 g/mol. The molecule has 0 spiro atoms. The van der Waals surface area contributed by atoms with Crippen LogP contribution in [0.2, 0.25) is 0 Å². The summed E-state index contributed by atoms with van der Waals surface area (Å²) >= 11 is 3.58. The molecule has 0 radical (unpaired) electrons. The van der Waals surface area contributed by atoms with Gasteiger partial charge < -0.3 is 4.74 Å². The molecule has 1 atom stereocenters. The van der Waals surface area contributed by atoms with Crippen LogP contribution in [0, 0.1) is 0 Å². The molecule has 0 aromatic heterocycles. The Morgan fingerprint density at radius 1 is 1.33 bits per heavy atom. The number of hydrazine groups is 1. The van der Waals surface area contributed by atoms with Gasteiger partial charge in [-0.25, -0.2) is 0 Å². The Hall–Kier alpha value is -0.420. The molecular formula is C14H23BrN2O. The predicted octanol–water partition coefficient (Wildman–Crippen LogP) is 3.03. The summed E-state index contributed by atoms with van der Waals surface area (Å²) in [5.74, 6) is 5.74. The lowest BCUT2D eigenvalue weighted by Gasteiger charge is -2.38. The Morgan fingerprint density at radius 2 is 1.94 bits per heavy atom. The topological polar surface area (TPSA) is 47.3 Å². The maximum absolute atomic E-state index is 5.74. The molecule has 0 bridgehead atoms. The van der Waals surface area contributed by atoms with Crippen LogP contribution in [0.1, 0.15) is 32.3 Å². The molecule has 0 amide bonds. The van der Waals surface area contributed by atoms with Gasteiger partial charge in [0.05, 0.1) is 11.6 Å². The Labute approximate surface area is 118 Å². The Morgan fingerprint density at radius 3 is 2.39 bits per heavy atom. The number of benzene rings is 1. The Balaban J connectivity index is 2.94. The molecule has 1 aromatic carbocycles. The summed E-state index contributed by atoms with van der Waals surface area (Å²) in [5.41, 5.74) is 3.95. The summed E-state index contributed by atoms with van der Waals surface area (Å²) in [4.78, 5) is 0. The quantitative estimate of drug-likeness (QED) is 0.600.